The molecule has 2 unspecified atom stereocenters. The van der Waals surface area contributed by atoms with Crippen molar-refractivity contribution in [2.75, 3.05) is 12.0 Å². The predicted molar refractivity (Wildman–Crippen MR) is 79.2 cm³/mol. The zero-order chi connectivity index (χ0) is 13.1. The molecule has 1 aromatic carbocycles. The van der Waals surface area contributed by atoms with Crippen molar-refractivity contribution in [1.29, 1.82) is 0 Å². The first-order chi connectivity index (χ1) is 8.63. The largest absolute Gasteiger partial charge is 0.452 e. The molecule has 2 rings (SSSR count). The molecule has 1 amide bonds. The van der Waals surface area contributed by atoms with Crippen LogP contribution in [0.4, 0.5) is 10.5 Å². The molecule has 0 radical (unpaired) electrons. The maximum absolute atomic E-state index is 12.0. The second-order valence-electron chi connectivity index (χ2n) is 4.17. The molecule has 0 aliphatic carbocycles. The van der Waals surface area contributed by atoms with E-state index in [0.29, 0.717) is 10.5 Å². The van der Waals surface area contributed by atoms with E-state index >= 15 is 0 Å². The summed E-state index contributed by atoms with van der Waals surface area (Å²) in [6.07, 6.45) is -0.299. The molecule has 98 valence electrons. The number of amides is 1. The van der Waals surface area contributed by atoms with E-state index in [9.17, 15) is 4.79 Å². The fourth-order valence-electron chi connectivity index (χ4n) is 1.74. The van der Waals surface area contributed by atoms with E-state index in [0.717, 1.165) is 5.69 Å². The molecule has 1 aliphatic rings. The Morgan fingerprint density at radius 3 is 2.22 bits per heavy atom. The van der Waals surface area contributed by atoms with Gasteiger partial charge in [-0.1, -0.05) is 32.0 Å². The molecule has 0 aromatic heterocycles. The van der Waals surface area contributed by atoms with Crippen LogP contribution in [-0.2, 0) is 4.74 Å². The van der Waals surface area contributed by atoms with Crippen LogP contribution in [0.3, 0.4) is 0 Å². The molecule has 0 spiro atoms. The average molecular weight is 283 g/mol. The Balaban J connectivity index is 2.24. The Bertz CT molecular complexity index is 403. The number of carbonyl (C=O) groups excluding carboxylic acids is 1. The van der Waals surface area contributed by atoms with Crippen molar-refractivity contribution < 1.29 is 9.53 Å². The summed E-state index contributed by atoms with van der Waals surface area (Å²) >= 11 is 3.62. The number of anilines is 1. The average Bonchev–Trinajstić information content (AvgIpc) is 2.70. The molecular weight excluding hydrogens is 266 g/mol. The standard InChI is InChI=1S/C13H17NO2S2/c1-9-10(2)18-13(17-9)14(12(15)16-3)11-7-5-4-6-8-11/h4-10,13H,1-3H3. The predicted octanol–water partition coefficient (Wildman–Crippen LogP) is 3.80. The molecule has 1 heterocycles. The third-order valence-corrected chi connectivity index (χ3v) is 6.34. The minimum Gasteiger partial charge on any atom is -0.452 e. The fourth-order valence-corrected chi connectivity index (χ4v) is 5.27. The molecule has 0 bridgehead atoms. The second-order valence-corrected chi connectivity index (χ2v) is 7.39. The Morgan fingerprint density at radius 2 is 1.72 bits per heavy atom. The van der Waals surface area contributed by atoms with Crippen molar-refractivity contribution in [3.8, 4) is 0 Å². The third kappa shape index (κ3) is 2.78. The number of hydrogen-bond acceptors (Lipinski definition) is 4. The lowest BCUT2D eigenvalue weighted by Gasteiger charge is -2.26. The van der Waals surface area contributed by atoms with Gasteiger partial charge in [0.1, 0.15) is 4.71 Å². The number of nitrogens with zero attached hydrogens (tertiary/aromatic N) is 1. The van der Waals surface area contributed by atoms with Crippen LogP contribution < -0.4 is 4.90 Å². The van der Waals surface area contributed by atoms with E-state index in [1.54, 1.807) is 4.90 Å². The first-order valence-corrected chi connectivity index (χ1v) is 7.75. The van der Waals surface area contributed by atoms with Gasteiger partial charge in [-0.2, -0.15) is 0 Å². The fraction of sp³-hybridized carbons (Fsp3) is 0.462. The highest BCUT2D eigenvalue weighted by Crippen LogP contribution is 2.46. The lowest BCUT2D eigenvalue weighted by molar-refractivity contribution is 0.179. The highest BCUT2D eigenvalue weighted by atomic mass is 32.2. The summed E-state index contributed by atoms with van der Waals surface area (Å²) in [6, 6.07) is 9.68. The summed E-state index contributed by atoms with van der Waals surface area (Å²) in [7, 11) is 1.43. The summed E-state index contributed by atoms with van der Waals surface area (Å²) in [6.45, 7) is 4.39. The van der Waals surface area contributed by atoms with E-state index < -0.39 is 0 Å². The van der Waals surface area contributed by atoms with Crippen molar-refractivity contribution in [2.45, 2.75) is 29.1 Å². The molecule has 1 saturated heterocycles. The van der Waals surface area contributed by atoms with Crippen LogP contribution in [-0.4, -0.2) is 28.4 Å². The van der Waals surface area contributed by atoms with Gasteiger partial charge in [-0.3, -0.25) is 4.90 Å². The molecule has 3 nitrogen and oxygen atoms in total. The Labute approximate surface area is 116 Å². The number of methoxy groups -OCH3 is 1. The number of hydrogen-bond donors (Lipinski definition) is 0. The normalized spacial score (nSPS) is 26.9. The molecule has 0 N–H and O–H groups in total. The van der Waals surface area contributed by atoms with E-state index in [4.69, 9.17) is 4.74 Å². The molecule has 1 fully saturated rings. The van der Waals surface area contributed by atoms with Gasteiger partial charge in [0.05, 0.1) is 7.11 Å². The number of para-hydroxylation sites is 1. The van der Waals surface area contributed by atoms with Gasteiger partial charge in [-0.25, -0.2) is 4.79 Å². The summed E-state index contributed by atoms with van der Waals surface area (Å²) in [5.74, 6) is 0. The number of thioether (sulfide) groups is 2. The SMILES string of the molecule is COC(=O)N(c1ccccc1)C1SC(C)C(C)S1. The summed E-state index contributed by atoms with van der Waals surface area (Å²) in [5, 5.41) is 1.08. The smallest absolute Gasteiger partial charge is 0.415 e. The van der Waals surface area contributed by atoms with Gasteiger partial charge in [0.2, 0.25) is 0 Å². The topological polar surface area (TPSA) is 29.5 Å². The van der Waals surface area contributed by atoms with E-state index in [1.165, 1.54) is 7.11 Å². The number of carbonyl (C=O) groups is 1. The van der Waals surface area contributed by atoms with Crippen LogP contribution in [0, 0.1) is 0 Å². The van der Waals surface area contributed by atoms with Crippen molar-refractivity contribution in [3.05, 3.63) is 30.3 Å². The monoisotopic (exact) mass is 283 g/mol. The van der Waals surface area contributed by atoms with Gasteiger partial charge in [0, 0.05) is 16.2 Å². The molecule has 18 heavy (non-hydrogen) atoms. The Morgan fingerprint density at radius 1 is 1.17 bits per heavy atom. The summed E-state index contributed by atoms with van der Waals surface area (Å²) in [4.78, 5) is 13.7. The van der Waals surface area contributed by atoms with Gasteiger partial charge in [0.15, 0.2) is 0 Å². The lowest BCUT2D eigenvalue weighted by Crippen LogP contribution is -2.35. The van der Waals surface area contributed by atoms with Crippen LogP contribution in [0.15, 0.2) is 30.3 Å². The first kappa shape index (κ1) is 13.6. The van der Waals surface area contributed by atoms with Gasteiger partial charge < -0.3 is 4.74 Å². The quantitative estimate of drug-likeness (QED) is 0.825. The van der Waals surface area contributed by atoms with Crippen LogP contribution in [0.5, 0.6) is 0 Å². The maximum Gasteiger partial charge on any atom is 0.415 e. The van der Waals surface area contributed by atoms with Crippen molar-refractivity contribution in [2.24, 2.45) is 0 Å². The second kappa shape index (κ2) is 5.89. The minimum absolute atomic E-state index is 0.0878. The van der Waals surface area contributed by atoms with Crippen LogP contribution in [0.2, 0.25) is 0 Å². The molecule has 1 aromatic rings. The zero-order valence-electron chi connectivity index (χ0n) is 10.7. The molecule has 5 heteroatoms. The van der Waals surface area contributed by atoms with Gasteiger partial charge in [-0.15, -0.1) is 23.5 Å². The van der Waals surface area contributed by atoms with E-state index in [1.807, 2.05) is 53.9 Å². The number of benzene rings is 1. The molecular formula is C13H17NO2S2. The van der Waals surface area contributed by atoms with Gasteiger partial charge >= 0.3 is 6.09 Å². The lowest BCUT2D eigenvalue weighted by atomic mass is 10.3. The summed E-state index contributed by atoms with van der Waals surface area (Å²) in [5.41, 5.74) is 0.885. The zero-order valence-corrected chi connectivity index (χ0v) is 12.3. The van der Waals surface area contributed by atoms with E-state index in [-0.39, 0.29) is 10.8 Å². The molecule has 0 saturated carbocycles. The highest BCUT2D eigenvalue weighted by Gasteiger charge is 2.37. The van der Waals surface area contributed by atoms with Crippen molar-refractivity contribution in [3.63, 3.8) is 0 Å². The van der Waals surface area contributed by atoms with Crippen molar-refractivity contribution in [1.82, 2.24) is 0 Å². The number of rotatable bonds is 2. The molecule has 2 atom stereocenters. The van der Waals surface area contributed by atoms with Gasteiger partial charge in [0.25, 0.3) is 0 Å². The summed E-state index contributed by atoms with van der Waals surface area (Å²) < 4.78 is 5.00. The Kier molecular flexibility index (Phi) is 4.45. The van der Waals surface area contributed by atoms with Crippen LogP contribution in [0.25, 0.3) is 0 Å². The maximum atomic E-state index is 12.0. The first-order valence-electron chi connectivity index (χ1n) is 5.86. The minimum atomic E-state index is -0.299. The van der Waals surface area contributed by atoms with E-state index in [2.05, 4.69) is 13.8 Å². The highest BCUT2D eigenvalue weighted by molar-refractivity contribution is 8.21. The Hall–Kier alpha value is -0.810. The van der Waals surface area contributed by atoms with Crippen LogP contribution in [0.1, 0.15) is 13.8 Å². The number of ether oxygens (including phenoxy) is 1. The van der Waals surface area contributed by atoms with Crippen molar-refractivity contribution >= 4 is 35.3 Å². The van der Waals surface area contributed by atoms with Crippen LogP contribution >= 0.6 is 23.5 Å². The molecule has 1 aliphatic heterocycles. The third-order valence-electron chi connectivity index (χ3n) is 2.94. The van der Waals surface area contributed by atoms with Gasteiger partial charge in [-0.05, 0) is 12.1 Å².